The van der Waals surface area contributed by atoms with Gasteiger partial charge in [-0.05, 0) is 93.6 Å². The van der Waals surface area contributed by atoms with Crippen LogP contribution >= 0.6 is 0 Å². The molecule has 9 rings (SSSR count). The van der Waals surface area contributed by atoms with Gasteiger partial charge in [0.15, 0.2) is 11.5 Å². The highest BCUT2D eigenvalue weighted by Gasteiger charge is 2.34. The van der Waals surface area contributed by atoms with E-state index >= 15 is 8.78 Å². The van der Waals surface area contributed by atoms with Gasteiger partial charge in [-0.15, -0.1) is 0 Å². The largest absolute Gasteiger partial charge is 0.507 e. The van der Waals surface area contributed by atoms with Crippen molar-refractivity contribution in [3.8, 4) is 34.0 Å². The molecule has 0 spiro atoms. The van der Waals surface area contributed by atoms with Crippen molar-refractivity contribution in [3.63, 3.8) is 0 Å². The van der Waals surface area contributed by atoms with Gasteiger partial charge in [-0.25, -0.2) is 23.1 Å². The third-order valence-electron chi connectivity index (χ3n) is 14.0. The number of piperazine rings is 1. The molecule has 16 nitrogen and oxygen atoms in total. The molecule has 0 bridgehead atoms. The molecule has 75 heavy (non-hydrogen) atoms. The monoisotopic (exact) mass is 1020 g/mol. The Bertz CT molecular complexity index is 3470. The minimum atomic E-state index is -0.940. The van der Waals surface area contributed by atoms with Crippen LogP contribution in [-0.4, -0.2) is 112 Å². The van der Waals surface area contributed by atoms with Crippen molar-refractivity contribution in [1.82, 2.24) is 43.9 Å². The molecule has 0 saturated carbocycles. The number of halogens is 2. The second-order valence-corrected chi connectivity index (χ2v) is 19.8. The summed E-state index contributed by atoms with van der Waals surface area (Å²) in [6, 6.07) is 21.8. The van der Waals surface area contributed by atoms with E-state index in [1.165, 1.54) is 16.7 Å². The second-order valence-electron chi connectivity index (χ2n) is 19.8. The van der Waals surface area contributed by atoms with Crippen LogP contribution in [0.5, 0.6) is 5.75 Å². The first-order chi connectivity index (χ1) is 36.0. The van der Waals surface area contributed by atoms with Gasteiger partial charge in [0.25, 0.3) is 5.91 Å². The molecule has 0 unspecified atom stereocenters. The summed E-state index contributed by atoms with van der Waals surface area (Å²) >= 11 is 0. The van der Waals surface area contributed by atoms with Crippen LogP contribution < -0.4 is 20.4 Å². The van der Waals surface area contributed by atoms with E-state index in [9.17, 15) is 19.8 Å². The fraction of sp³-hybridized carbons (Fsp3) is 0.333. The van der Waals surface area contributed by atoms with E-state index in [0.29, 0.717) is 47.3 Å². The van der Waals surface area contributed by atoms with Crippen LogP contribution in [-0.2, 0) is 11.3 Å². The number of amides is 1. The third kappa shape index (κ3) is 10.0. The van der Waals surface area contributed by atoms with E-state index in [-0.39, 0.29) is 73.1 Å². The zero-order chi connectivity index (χ0) is 53.4. The summed E-state index contributed by atoms with van der Waals surface area (Å²) < 4.78 is 35.2. The number of aryl methyl sites for hydroxylation is 1. The molecular formula is C57H62F2N12O4. The number of phenolic OH excluding ortho intramolecular Hbond substituents is 1. The Morgan fingerprint density at radius 1 is 0.893 bits per heavy atom. The van der Waals surface area contributed by atoms with Crippen LogP contribution in [0.2, 0.25) is 0 Å². The normalized spacial score (nSPS) is 14.3. The summed E-state index contributed by atoms with van der Waals surface area (Å²) in [6.45, 7) is 18.9. The molecule has 2 N–H and O–H groups in total. The van der Waals surface area contributed by atoms with Crippen LogP contribution in [0.3, 0.4) is 0 Å². The minimum absolute atomic E-state index is 0.0127. The van der Waals surface area contributed by atoms with Crippen LogP contribution in [0.1, 0.15) is 76.7 Å². The van der Waals surface area contributed by atoms with Gasteiger partial charge in [0.1, 0.15) is 34.5 Å². The Kier molecular flexibility index (Phi) is 14.8. The number of aliphatic hydroxyl groups is 1. The molecule has 6 aromatic heterocycles. The number of aromatic hydroxyl groups is 1. The molecule has 2 atom stereocenters. The van der Waals surface area contributed by atoms with Crippen molar-refractivity contribution in [2.45, 2.75) is 85.5 Å². The molecule has 7 heterocycles. The number of anilines is 3. The van der Waals surface area contributed by atoms with Gasteiger partial charge in [-0.3, -0.25) is 14.8 Å². The lowest BCUT2D eigenvalue weighted by Gasteiger charge is -2.41. The number of aliphatic hydroxyl groups excluding tert-OH is 1. The van der Waals surface area contributed by atoms with Crippen molar-refractivity contribution in [2.24, 2.45) is 0 Å². The number of fused-ring (bicyclic) bond motifs is 2. The van der Waals surface area contributed by atoms with Crippen LogP contribution in [0.25, 0.3) is 50.3 Å². The summed E-state index contributed by atoms with van der Waals surface area (Å²) in [5.41, 5.74) is 3.93. The Morgan fingerprint density at radius 2 is 1.67 bits per heavy atom. The Hall–Kier alpha value is -8.12. The summed E-state index contributed by atoms with van der Waals surface area (Å²) in [5, 5.41) is 22.6. The van der Waals surface area contributed by atoms with Crippen molar-refractivity contribution in [2.75, 3.05) is 54.5 Å². The summed E-state index contributed by atoms with van der Waals surface area (Å²) in [6.07, 6.45) is 5.94. The van der Waals surface area contributed by atoms with E-state index in [0.717, 1.165) is 34.3 Å². The zero-order valence-corrected chi connectivity index (χ0v) is 43.5. The smallest absolute Gasteiger partial charge is 0.355 e. The van der Waals surface area contributed by atoms with Gasteiger partial charge >= 0.3 is 5.69 Å². The highest BCUT2D eigenvalue weighted by Crippen LogP contribution is 2.38. The lowest BCUT2D eigenvalue weighted by atomic mass is 10.0. The van der Waals surface area contributed by atoms with Gasteiger partial charge in [0, 0.05) is 75.0 Å². The number of hydrogen-bond acceptors (Lipinski definition) is 13. The molecule has 18 heteroatoms. The van der Waals surface area contributed by atoms with Crippen LogP contribution in [0.15, 0.2) is 114 Å². The fourth-order valence-corrected chi connectivity index (χ4v) is 10.0. The average Bonchev–Trinajstić information content (AvgIpc) is 3.83. The summed E-state index contributed by atoms with van der Waals surface area (Å²) in [7, 11) is 1.98. The predicted octanol–water partition coefficient (Wildman–Crippen LogP) is 9.15. The standard InChI is InChI=1S/C57H62F2N12O4/c1-10-40(32-72)70(56-63-51(41-22-25-68(34(4)5)52(41)64-56)66(9)31-38-17-19-39(20-18-38)45-15-11-12-23-60-45)29-36(7)55(74)67-26-27-69(37(8)30-67)53-42-28-44(59)49(47-43(58)14-13-16-46(47)73)62-54(42)71(57(75)65-53)50-35(6)21-24-61-48(50)33(2)3/h11-25,28,33-34,37,40,72-73H,7,10,26-27,29-32H2,1-6,8-9H3/t37-,40+/m0/s1. The molecule has 1 fully saturated rings. The Labute approximate surface area is 434 Å². The molecule has 1 aliphatic rings. The van der Waals surface area contributed by atoms with E-state index in [2.05, 4.69) is 74.1 Å². The van der Waals surface area contributed by atoms with Crippen LogP contribution in [0.4, 0.5) is 26.4 Å². The van der Waals surface area contributed by atoms with Gasteiger partial charge in [0.05, 0.1) is 52.6 Å². The number of phenols is 1. The van der Waals surface area contributed by atoms with Gasteiger partial charge in [-0.1, -0.05) is 63.7 Å². The topological polar surface area (TPSA) is 175 Å². The van der Waals surface area contributed by atoms with Gasteiger partial charge in [0.2, 0.25) is 5.95 Å². The van der Waals surface area contributed by atoms with Crippen molar-refractivity contribution >= 4 is 45.6 Å². The number of rotatable bonds is 16. The van der Waals surface area contributed by atoms with E-state index < -0.39 is 46.4 Å². The third-order valence-corrected chi connectivity index (χ3v) is 14.0. The molecule has 0 radical (unpaired) electrons. The maximum atomic E-state index is 16.5. The number of pyridine rings is 3. The maximum Gasteiger partial charge on any atom is 0.355 e. The lowest BCUT2D eigenvalue weighted by molar-refractivity contribution is -0.127. The first-order valence-corrected chi connectivity index (χ1v) is 25.3. The molecule has 1 amide bonds. The number of carbonyl (C=O) groups is 1. The second kappa shape index (κ2) is 21.4. The molecule has 1 aliphatic heterocycles. The maximum absolute atomic E-state index is 16.5. The quantitative estimate of drug-likeness (QED) is 0.0878. The zero-order valence-electron chi connectivity index (χ0n) is 43.5. The minimum Gasteiger partial charge on any atom is -0.507 e. The van der Waals surface area contributed by atoms with Crippen LogP contribution in [0, 0.1) is 18.6 Å². The highest BCUT2D eigenvalue weighted by molar-refractivity contribution is 5.95. The number of aromatic nitrogens is 8. The fourth-order valence-electron chi connectivity index (χ4n) is 10.0. The van der Waals surface area contributed by atoms with Gasteiger partial charge < -0.3 is 34.4 Å². The van der Waals surface area contributed by atoms with E-state index in [1.807, 2.05) is 81.9 Å². The molecule has 8 aromatic rings. The van der Waals surface area contributed by atoms with Crippen molar-refractivity contribution < 1.29 is 23.8 Å². The van der Waals surface area contributed by atoms with E-state index in [4.69, 9.17) is 9.97 Å². The van der Waals surface area contributed by atoms with E-state index in [1.54, 1.807) is 23.4 Å². The Balaban J connectivity index is 1.01. The van der Waals surface area contributed by atoms with Crippen molar-refractivity contribution in [3.05, 3.63) is 149 Å². The van der Waals surface area contributed by atoms with Gasteiger partial charge in [-0.2, -0.15) is 15.0 Å². The molecule has 2 aromatic carbocycles. The SMILES string of the molecule is C=C(CN(c1nc(N(C)Cc2ccc(-c3ccccn3)cc2)c2ccn(C(C)C)c2n1)[C@H](CC)CO)C(=O)N1CCN(c2nc(=O)n(-c3c(C)ccnc3C(C)C)c3nc(-c4c(O)cccc4F)c(F)cc23)[C@@H](C)C1. The lowest BCUT2D eigenvalue weighted by Crippen LogP contribution is -2.55. The molecule has 1 saturated heterocycles. The summed E-state index contributed by atoms with van der Waals surface area (Å²) in [5.74, 6) is -1.66. The highest BCUT2D eigenvalue weighted by atomic mass is 19.1. The number of carbonyl (C=O) groups excluding carboxylic acids is 1. The number of benzene rings is 2. The number of hydrogen-bond donors (Lipinski definition) is 2. The van der Waals surface area contributed by atoms with Crippen molar-refractivity contribution in [1.29, 1.82) is 0 Å². The Morgan fingerprint density at radius 3 is 2.33 bits per heavy atom. The predicted molar refractivity (Wildman–Crippen MR) is 290 cm³/mol. The molecule has 388 valence electrons. The molecular weight excluding hydrogens is 955 g/mol. The first-order valence-electron chi connectivity index (χ1n) is 25.3. The summed E-state index contributed by atoms with van der Waals surface area (Å²) in [4.78, 5) is 65.2. The first kappa shape index (κ1) is 51.8. The number of nitrogens with zero attached hydrogens (tertiary/aromatic N) is 12. The molecule has 0 aliphatic carbocycles. The average molecular weight is 1020 g/mol.